The summed E-state index contributed by atoms with van der Waals surface area (Å²) >= 11 is 0. The van der Waals surface area contributed by atoms with Crippen LogP contribution >= 0.6 is 0 Å². The molecule has 0 saturated heterocycles. The van der Waals surface area contributed by atoms with E-state index in [1.165, 1.54) is 19.3 Å². The first-order chi connectivity index (χ1) is 11.7. The van der Waals surface area contributed by atoms with Crippen molar-refractivity contribution in [3.8, 4) is 0 Å². The zero-order valence-electron chi connectivity index (χ0n) is 15.3. The molecule has 1 aromatic carbocycles. The third kappa shape index (κ3) is 2.80. The molecule has 136 valence electrons. The number of amides is 1. The van der Waals surface area contributed by atoms with E-state index in [2.05, 4.69) is 4.72 Å². The molecule has 0 atom stereocenters. The van der Waals surface area contributed by atoms with Crippen LogP contribution in [0.25, 0.3) is 0 Å². The maximum Gasteiger partial charge on any atom is 0.264 e. The number of benzene rings is 1. The van der Waals surface area contributed by atoms with Gasteiger partial charge in [-0.15, -0.1) is 0 Å². The number of rotatable bonds is 3. The summed E-state index contributed by atoms with van der Waals surface area (Å²) in [6, 6.07) is 3.72. The number of carbonyl (C=O) groups excluding carboxylic acids is 1. The van der Waals surface area contributed by atoms with E-state index in [9.17, 15) is 13.2 Å². The molecular formula is C20H27NO3S. The van der Waals surface area contributed by atoms with Crippen LogP contribution in [0, 0.1) is 43.9 Å². The number of aryl methyl sites for hydroxylation is 3. The molecule has 4 bridgehead atoms. The highest BCUT2D eigenvalue weighted by Crippen LogP contribution is 2.60. The van der Waals surface area contributed by atoms with Crippen LogP contribution < -0.4 is 4.72 Å². The molecule has 5 rings (SSSR count). The molecule has 0 aliphatic heterocycles. The van der Waals surface area contributed by atoms with Gasteiger partial charge in [-0.3, -0.25) is 4.79 Å². The zero-order chi connectivity index (χ0) is 18.0. The number of hydrogen-bond acceptors (Lipinski definition) is 3. The lowest BCUT2D eigenvalue weighted by molar-refractivity contribution is -0.144. The maximum absolute atomic E-state index is 13.1. The molecule has 4 aliphatic carbocycles. The Morgan fingerprint density at radius 1 is 0.960 bits per heavy atom. The molecule has 1 amide bonds. The lowest BCUT2D eigenvalue weighted by Crippen LogP contribution is -2.54. The summed E-state index contributed by atoms with van der Waals surface area (Å²) in [6.45, 7) is 5.54. The van der Waals surface area contributed by atoms with Gasteiger partial charge in [0.05, 0.1) is 10.3 Å². The Morgan fingerprint density at radius 2 is 1.40 bits per heavy atom. The largest absolute Gasteiger partial charge is 0.273 e. The second-order valence-electron chi connectivity index (χ2n) is 8.86. The van der Waals surface area contributed by atoms with Crippen LogP contribution in [0.15, 0.2) is 17.0 Å². The van der Waals surface area contributed by atoms with Gasteiger partial charge in [-0.25, -0.2) is 13.1 Å². The van der Waals surface area contributed by atoms with Gasteiger partial charge >= 0.3 is 0 Å². The highest BCUT2D eigenvalue weighted by Gasteiger charge is 2.55. The first kappa shape index (κ1) is 17.1. The Hall–Kier alpha value is -1.36. The Bertz CT molecular complexity index is 782. The van der Waals surface area contributed by atoms with Crippen molar-refractivity contribution in [3.63, 3.8) is 0 Å². The molecule has 0 unspecified atom stereocenters. The molecule has 0 radical (unpaired) electrons. The number of sulfonamides is 1. The molecule has 4 nitrogen and oxygen atoms in total. The van der Waals surface area contributed by atoms with Crippen molar-refractivity contribution in [2.24, 2.45) is 23.2 Å². The van der Waals surface area contributed by atoms with Gasteiger partial charge in [-0.1, -0.05) is 17.7 Å². The molecule has 25 heavy (non-hydrogen) atoms. The van der Waals surface area contributed by atoms with Crippen LogP contribution in [0.5, 0.6) is 0 Å². The second-order valence-corrected chi connectivity index (χ2v) is 10.5. The van der Waals surface area contributed by atoms with E-state index in [-0.39, 0.29) is 10.8 Å². The van der Waals surface area contributed by atoms with Crippen LogP contribution in [0.1, 0.15) is 55.2 Å². The van der Waals surface area contributed by atoms with Gasteiger partial charge in [-0.05, 0) is 88.2 Å². The monoisotopic (exact) mass is 361 g/mol. The average molecular weight is 362 g/mol. The van der Waals surface area contributed by atoms with E-state index in [0.29, 0.717) is 28.9 Å². The fourth-order valence-corrected chi connectivity index (χ4v) is 7.79. The maximum atomic E-state index is 13.1. The lowest BCUT2D eigenvalue weighted by atomic mass is 9.49. The number of nitrogens with one attached hydrogen (secondary N) is 1. The zero-order valence-corrected chi connectivity index (χ0v) is 16.1. The molecule has 4 saturated carbocycles. The third-order valence-corrected chi connectivity index (χ3v) is 8.26. The minimum atomic E-state index is -3.83. The predicted molar refractivity (Wildman–Crippen MR) is 96.6 cm³/mol. The van der Waals surface area contributed by atoms with Crippen LogP contribution in [-0.4, -0.2) is 14.3 Å². The summed E-state index contributed by atoms with van der Waals surface area (Å²) in [4.78, 5) is 13.3. The predicted octanol–water partition coefficient (Wildman–Crippen LogP) is 3.63. The molecular weight excluding hydrogens is 334 g/mol. The Labute approximate surface area is 150 Å². The first-order valence-corrected chi connectivity index (χ1v) is 10.8. The smallest absolute Gasteiger partial charge is 0.264 e. The third-order valence-electron chi connectivity index (χ3n) is 6.62. The topological polar surface area (TPSA) is 63.2 Å². The van der Waals surface area contributed by atoms with Crippen molar-refractivity contribution in [3.05, 3.63) is 28.8 Å². The van der Waals surface area contributed by atoms with Crippen LogP contribution in [0.2, 0.25) is 0 Å². The van der Waals surface area contributed by atoms with Gasteiger partial charge in [0.25, 0.3) is 10.0 Å². The summed E-state index contributed by atoms with van der Waals surface area (Å²) in [5.74, 6) is 1.58. The quantitative estimate of drug-likeness (QED) is 0.894. The Kier molecular flexibility index (Phi) is 3.80. The fourth-order valence-electron chi connectivity index (χ4n) is 6.26. The molecule has 5 heteroatoms. The van der Waals surface area contributed by atoms with Crippen molar-refractivity contribution < 1.29 is 13.2 Å². The van der Waals surface area contributed by atoms with Crippen molar-refractivity contribution >= 4 is 15.9 Å². The number of hydrogen-bond donors (Lipinski definition) is 1. The molecule has 1 N–H and O–H groups in total. The summed E-state index contributed by atoms with van der Waals surface area (Å²) in [5, 5.41) is 0. The van der Waals surface area contributed by atoms with Gasteiger partial charge in [-0.2, -0.15) is 0 Å². The van der Waals surface area contributed by atoms with Crippen LogP contribution in [0.3, 0.4) is 0 Å². The minimum Gasteiger partial charge on any atom is -0.273 e. The van der Waals surface area contributed by atoms with Crippen molar-refractivity contribution in [1.29, 1.82) is 0 Å². The molecule has 0 heterocycles. The van der Waals surface area contributed by atoms with Crippen molar-refractivity contribution in [1.82, 2.24) is 4.72 Å². The lowest BCUT2D eigenvalue weighted by Gasteiger charge is -2.55. The van der Waals surface area contributed by atoms with E-state index < -0.39 is 15.4 Å². The average Bonchev–Trinajstić information content (AvgIpc) is 2.43. The summed E-state index contributed by atoms with van der Waals surface area (Å²) in [6.07, 6.45) is 6.30. The number of carbonyl (C=O) groups is 1. The van der Waals surface area contributed by atoms with Crippen LogP contribution in [-0.2, 0) is 14.8 Å². The SMILES string of the molecule is Cc1cc(C)c(S(=O)(=O)NC(=O)C23CC4CC(CC(C4)C2)C3)c(C)c1. The van der Waals surface area contributed by atoms with Gasteiger partial charge < -0.3 is 0 Å². The fraction of sp³-hybridized carbons (Fsp3) is 0.650. The van der Waals surface area contributed by atoms with Gasteiger partial charge in [0.1, 0.15) is 0 Å². The minimum absolute atomic E-state index is 0.258. The van der Waals surface area contributed by atoms with Crippen molar-refractivity contribution in [2.75, 3.05) is 0 Å². The molecule has 0 spiro atoms. The molecule has 4 aliphatic rings. The van der Waals surface area contributed by atoms with Gasteiger partial charge in [0.15, 0.2) is 0 Å². The standard InChI is InChI=1S/C20H27NO3S/c1-12-4-13(2)18(14(3)5-12)25(23,24)21-19(22)20-9-15-6-16(10-20)8-17(7-15)11-20/h4-5,15-17H,6-11H2,1-3H3,(H,21,22). The van der Waals surface area contributed by atoms with Crippen LogP contribution in [0.4, 0.5) is 0 Å². The molecule has 4 fully saturated rings. The summed E-state index contributed by atoms with van der Waals surface area (Å²) < 4.78 is 28.4. The van der Waals surface area contributed by atoms with E-state index >= 15 is 0 Å². The van der Waals surface area contributed by atoms with Gasteiger partial charge in [0, 0.05) is 0 Å². The second kappa shape index (κ2) is 5.57. The summed E-state index contributed by atoms with van der Waals surface area (Å²) in [5.41, 5.74) is 1.97. The molecule has 1 aromatic rings. The van der Waals surface area contributed by atoms with E-state index in [0.717, 1.165) is 24.8 Å². The Morgan fingerprint density at radius 3 is 1.84 bits per heavy atom. The highest BCUT2D eigenvalue weighted by atomic mass is 32.2. The first-order valence-electron chi connectivity index (χ1n) is 9.34. The van der Waals surface area contributed by atoms with E-state index in [1.807, 2.05) is 19.1 Å². The summed E-state index contributed by atoms with van der Waals surface area (Å²) in [7, 11) is -3.83. The normalized spacial score (nSPS) is 33.5. The molecule has 0 aromatic heterocycles. The van der Waals surface area contributed by atoms with Gasteiger partial charge in [0.2, 0.25) is 5.91 Å². The Balaban J connectivity index is 1.63. The van der Waals surface area contributed by atoms with Crippen molar-refractivity contribution in [2.45, 2.75) is 64.2 Å². The van der Waals surface area contributed by atoms with E-state index in [1.54, 1.807) is 13.8 Å². The highest BCUT2D eigenvalue weighted by molar-refractivity contribution is 7.90. The van der Waals surface area contributed by atoms with E-state index in [4.69, 9.17) is 0 Å².